The van der Waals surface area contributed by atoms with E-state index in [1.54, 1.807) is 12.2 Å². The van der Waals surface area contributed by atoms with Gasteiger partial charge in [-0.15, -0.1) is 13.2 Å². The molecule has 0 aromatic heterocycles. The summed E-state index contributed by atoms with van der Waals surface area (Å²) >= 11 is 0. The minimum Gasteiger partial charge on any atom is -0.445 e. The van der Waals surface area contributed by atoms with E-state index in [1.165, 1.54) is 0 Å². The maximum atomic E-state index is 11.0. The number of allylic oxidation sites excluding steroid dienone is 1. The van der Waals surface area contributed by atoms with Crippen LogP contribution in [0.25, 0.3) is 0 Å². The second-order valence-electron chi connectivity index (χ2n) is 6.77. The molecule has 1 heterocycles. The number of ether oxygens (including phenoxy) is 1. The summed E-state index contributed by atoms with van der Waals surface area (Å²) in [5.74, 6) is 0.844. The minimum absolute atomic E-state index is 0.239. The molecule has 0 aliphatic carbocycles. The van der Waals surface area contributed by atoms with Gasteiger partial charge in [-0.1, -0.05) is 26.0 Å². The maximum Gasteiger partial charge on any atom is 0.294 e. The maximum absolute atomic E-state index is 11.0. The first-order chi connectivity index (χ1) is 10.6. The molecule has 0 amide bonds. The number of aliphatic hydroxyl groups is 3. The molecule has 6 nitrogen and oxygen atoms in total. The first kappa shape index (κ1) is 20.2. The highest BCUT2D eigenvalue weighted by atomic mass is 32.2. The summed E-state index contributed by atoms with van der Waals surface area (Å²) in [5, 5.41) is 29.8. The minimum atomic E-state index is -1.46. The molecule has 1 fully saturated rings. The van der Waals surface area contributed by atoms with Gasteiger partial charge in [0.2, 0.25) is 0 Å². The zero-order chi connectivity index (χ0) is 17.8. The Hall–Kier alpha value is -0.860. The number of hydrogen-bond acceptors (Lipinski definition) is 6. The summed E-state index contributed by atoms with van der Waals surface area (Å²) < 4.78 is 5.22. The standard InChI is InChI=1S/C16H29NO5S/c1-5-7-23-8-11(19)12(20)13(21)14(23)16(17,22-10-18)9-15(3,4)6-2/h5-6,10-14,19-21,23H,1-2,7-9,17H2,3-4H3/t11-,12-,13+,14+,16+/m0/s1. The second kappa shape index (κ2) is 7.81. The lowest BCUT2D eigenvalue weighted by Crippen LogP contribution is -2.65. The highest BCUT2D eigenvalue weighted by molar-refractivity contribution is 8.17. The summed E-state index contributed by atoms with van der Waals surface area (Å²) in [7, 11) is -1.02. The van der Waals surface area contributed by atoms with Crippen molar-refractivity contribution < 1.29 is 24.9 Å². The van der Waals surface area contributed by atoms with E-state index in [0.29, 0.717) is 11.5 Å². The molecule has 6 atom stereocenters. The molecule has 23 heavy (non-hydrogen) atoms. The molecule has 0 radical (unpaired) electrons. The summed E-state index contributed by atoms with van der Waals surface area (Å²) in [6.07, 6.45) is 0.00148. The molecule has 1 saturated heterocycles. The van der Waals surface area contributed by atoms with Crippen LogP contribution < -0.4 is 5.73 Å². The van der Waals surface area contributed by atoms with Gasteiger partial charge >= 0.3 is 0 Å². The number of aliphatic hydroxyl groups excluding tert-OH is 3. The Morgan fingerprint density at radius 3 is 2.39 bits per heavy atom. The molecular weight excluding hydrogens is 318 g/mol. The van der Waals surface area contributed by atoms with Gasteiger partial charge in [-0.2, -0.15) is 0 Å². The van der Waals surface area contributed by atoms with Gasteiger partial charge < -0.3 is 20.1 Å². The fourth-order valence-corrected chi connectivity index (χ4v) is 6.14. The van der Waals surface area contributed by atoms with E-state index >= 15 is 0 Å². The fourth-order valence-electron chi connectivity index (χ4n) is 3.13. The smallest absolute Gasteiger partial charge is 0.294 e. The van der Waals surface area contributed by atoms with Gasteiger partial charge in [0.15, 0.2) is 5.72 Å². The van der Waals surface area contributed by atoms with Crippen molar-refractivity contribution in [3.8, 4) is 0 Å². The Balaban J connectivity index is 3.24. The monoisotopic (exact) mass is 347 g/mol. The lowest BCUT2D eigenvalue weighted by molar-refractivity contribution is -0.153. The van der Waals surface area contributed by atoms with E-state index in [2.05, 4.69) is 13.2 Å². The average Bonchev–Trinajstić information content (AvgIpc) is 2.44. The number of hydrogen-bond donors (Lipinski definition) is 5. The van der Waals surface area contributed by atoms with E-state index in [-0.39, 0.29) is 12.9 Å². The van der Waals surface area contributed by atoms with E-state index in [4.69, 9.17) is 10.5 Å². The molecule has 1 aliphatic rings. The van der Waals surface area contributed by atoms with Crippen molar-refractivity contribution >= 4 is 17.4 Å². The summed E-state index contributed by atoms with van der Waals surface area (Å²) in [5.41, 5.74) is 4.49. The third-order valence-electron chi connectivity index (χ3n) is 4.30. The molecule has 1 rings (SSSR count). The highest BCUT2D eigenvalue weighted by Gasteiger charge is 2.52. The van der Waals surface area contributed by atoms with Gasteiger partial charge in [0, 0.05) is 12.2 Å². The summed E-state index contributed by atoms with van der Waals surface area (Å²) in [4.78, 5) is 11.0. The van der Waals surface area contributed by atoms with Gasteiger partial charge in [0.1, 0.15) is 6.10 Å². The normalized spacial score (nSPS) is 35.8. The van der Waals surface area contributed by atoms with Crippen LogP contribution in [0.15, 0.2) is 25.3 Å². The first-order valence-electron chi connectivity index (χ1n) is 7.55. The number of rotatable bonds is 8. The van der Waals surface area contributed by atoms with Crippen LogP contribution >= 0.6 is 10.9 Å². The van der Waals surface area contributed by atoms with Crippen molar-refractivity contribution in [2.24, 2.45) is 11.1 Å². The van der Waals surface area contributed by atoms with Crippen molar-refractivity contribution in [3.05, 3.63) is 25.3 Å². The zero-order valence-electron chi connectivity index (χ0n) is 13.8. The SMILES string of the molecule is C=CC[SH]1C[C@H](O)[C@H](O)[C@@H](O)[C@@H]1[C@@](N)(CC(C)(C)C=C)OC=O. The lowest BCUT2D eigenvalue weighted by Gasteiger charge is -2.51. The fraction of sp³-hybridized carbons (Fsp3) is 0.688. The van der Waals surface area contributed by atoms with E-state index in [0.717, 1.165) is 0 Å². The molecule has 0 bridgehead atoms. The van der Waals surface area contributed by atoms with Crippen molar-refractivity contribution in [2.45, 2.75) is 49.6 Å². The predicted octanol–water partition coefficient (Wildman–Crippen LogP) is 0.0688. The molecular formula is C16H29NO5S. The van der Waals surface area contributed by atoms with Gasteiger partial charge in [-0.05, 0) is 11.2 Å². The van der Waals surface area contributed by atoms with Crippen LogP contribution in [0.4, 0.5) is 0 Å². The van der Waals surface area contributed by atoms with E-state index in [1.807, 2.05) is 13.8 Å². The van der Waals surface area contributed by atoms with Crippen molar-refractivity contribution in [3.63, 3.8) is 0 Å². The molecule has 5 N–H and O–H groups in total. The van der Waals surface area contributed by atoms with Crippen LogP contribution in [-0.4, -0.2) is 62.6 Å². The Morgan fingerprint density at radius 2 is 1.91 bits per heavy atom. The largest absolute Gasteiger partial charge is 0.445 e. The molecule has 0 aromatic carbocycles. The first-order valence-corrected chi connectivity index (χ1v) is 9.33. The van der Waals surface area contributed by atoms with Crippen LogP contribution in [0, 0.1) is 5.41 Å². The number of carbonyl (C=O) groups is 1. The number of thiol groups is 1. The van der Waals surface area contributed by atoms with Crippen LogP contribution in [0.3, 0.4) is 0 Å². The van der Waals surface area contributed by atoms with E-state index < -0.39 is 45.6 Å². The Kier molecular flexibility index (Phi) is 6.85. The highest BCUT2D eigenvalue weighted by Crippen LogP contribution is 2.48. The predicted molar refractivity (Wildman–Crippen MR) is 93.4 cm³/mol. The Bertz CT molecular complexity index is 444. The van der Waals surface area contributed by atoms with Crippen molar-refractivity contribution in [1.29, 1.82) is 0 Å². The van der Waals surface area contributed by atoms with Crippen molar-refractivity contribution in [1.82, 2.24) is 0 Å². The zero-order valence-corrected chi connectivity index (χ0v) is 14.7. The van der Waals surface area contributed by atoms with Crippen LogP contribution in [0.5, 0.6) is 0 Å². The average molecular weight is 347 g/mol. The summed E-state index contributed by atoms with van der Waals surface area (Å²) in [6, 6.07) is 0. The topological polar surface area (TPSA) is 113 Å². The summed E-state index contributed by atoms with van der Waals surface area (Å²) in [6.45, 7) is 11.5. The quantitative estimate of drug-likeness (QED) is 0.184. The van der Waals surface area contributed by atoms with Crippen molar-refractivity contribution in [2.75, 3.05) is 11.5 Å². The van der Waals surface area contributed by atoms with E-state index in [9.17, 15) is 20.1 Å². The molecule has 1 aliphatic heterocycles. The Morgan fingerprint density at radius 1 is 1.30 bits per heavy atom. The van der Waals surface area contributed by atoms with Gasteiger partial charge in [-0.25, -0.2) is 10.9 Å². The second-order valence-corrected chi connectivity index (χ2v) is 9.24. The number of nitrogens with two attached hydrogens (primary N) is 1. The van der Waals surface area contributed by atoms with Crippen LogP contribution in [0.2, 0.25) is 0 Å². The van der Waals surface area contributed by atoms with Gasteiger partial charge in [-0.3, -0.25) is 10.5 Å². The molecule has 0 aromatic rings. The Labute approximate surface area is 140 Å². The third-order valence-corrected chi connectivity index (χ3v) is 7.40. The van der Waals surface area contributed by atoms with Gasteiger partial charge in [0.25, 0.3) is 6.47 Å². The third kappa shape index (κ3) is 4.58. The van der Waals surface area contributed by atoms with Crippen LogP contribution in [-0.2, 0) is 9.53 Å². The van der Waals surface area contributed by atoms with Gasteiger partial charge in [0.05, 0.1) is 17.5 Å². The molecule has 1 unspecified atom stereocenters. The lowest BCUT2D eigenvalue weighted by atomic mass is 9.81. The molecule has 134 valence electrons. The molecule has 0 spiro atoms. The molecule has 0 saturated carbocycles. The van der Waals surface area contributed by atoms with Crippen LogP contribution in [0.1, 0.15) is 20.3 Å². The molecule has 7 heteroatoms. The number of carbonyl (C=O) groups excluding carboxylic acids is 1.